The minimum Gasteiger partial charge on any atom is -0.399 e. The number of aromatic nitrogens is 2. The van der Waals surface area contributed by atoms with Crippen LogP contribution in [-0.4, -0.2) is 27.5 Å². The summed E-state index contributed by atoms with van der Waals surface area (Å²) in [4.78, 5) is 10.6. The Balaban J connectivity index is 1.59. The lowest BCUT2D eigenvalue weighted by Gasteiger charge is -2.25. The third-order valence-electron chi connectivity index (χ3n) is 4.43. The normalized spacial score (nSPS) is 27.3. The quantitative estimate of drug-likeness (QED) is 0.793. The second kappa shape index (κ2) is 3.72. The third kappa shape index (κ3) is 1.60. The number of rotatable bonds is 2. The number of piperidine rings is 1. The van der Waals surface area contributed by atoms with Crippen LogP contribution in [-0.2, 0) is 6.54 Å². The molecule has 18 heavy (non-hydrogen) atoms. The fraction of sp³-hybridized carbons (Fsp3) is 0.500. The van der Waals surface area contributed by atoms with E-state index in [0.29, 0.717) is 0 Å². The number of H-pyrrole nitrogens is 1. The molecule has 1 saturated carbocycles. The monoisotopic (exact) mass is 242 g/mol. The van der Waals surface area contributed by atoms with Crippen LogP contribution >= 0.6 is 0 Å². The molecule has 2 aromatic rings. The third-order valence-corrected chi connectivity index (χ3v) is 4.43. The molecule has 1 saturated heterocycles. The standard InChI is InChI=1S/C14H18N4/c15-10-2-4-12-13(6-10)17-14(16-12)8-18-7-9-1-3-11(18)5-9/h2,4,6,9,11H,1,3,5,7-8,15H2,(H,16,17). The van der Waals surface area contributed by atoms with Crippen LogP contribution < -0.4 is 5.73 Å². The number of hydrogen-bond donors (Lipinski definition) is 2. The van der Waals surface area contributed by atoms with E-state index in [1.807, 2.05) is 18.2 Å². The summed E-state index contributed by atoms with van der Waals surface area (Å²) in [5.41, 5.74) is 8.65. The molecule has 0 spiro atoms. The van der Waals surface area contributed by atoms with Gasteiger partial charge in [-0.2, -0.15) is 0 Å². The maximum Gasteiger partial charge on any atom is 0.121 e. The van der Waals surface area contributed by atoms with Crippen LogP contribution in [0.1, 0.15) is 25.1 Å². The molecule has 1 aliphatic heterocycles. The van der Waals surface area contributed by atoms with E-state index in [2.05, 4.69) is 14.9 Å². The van der Waals surface area contributed by atoms with Crippen LogP contribution in [0.15, 0.2) is 18.2 Å². The number of imidazole rings is 1. The van der Waals surface area contributed by atoms with Gasteiger partial charge < -0.3 is 10.7 Å². The largest absolute Gasteiger partial charge is 0.399 e. The maximum atomic E-state index is 5.79. The predicted molar refractivity (Wildman–Crippen MR) is 72.0 cm³/mol. The molecule has 2 aliphatic rings. The number of nitrogens with zero attached hydrogens (tertiary/aromatic N) is 2. The molecule has 0 amide bonds. The molecule has 1 aromatic heterocycles. The Morgan fingerprint density at radius 2 is 2.33 bits per heavy atom. The van der Waals surface area contributed by atoms with Crippen LogP contribution in [0.4, 0.5) is 5.69 Å². The summed E-state index contributed by atoms with van der Waals surface area (Å²) in [5, 5.41) is 0. The minimum absolute atomic E-state index is 0.790. The van der Waals surface area contributed by atoms with Gasteiger partial charge in [0.15, 0.2) is 0 Å². The van der Waals surface area contributed by atoms with E-state index >= 15 is 0 Å². The lowest BCUT2D eigenvalue weighted by Crippen LogP contribution is -2.31. The number of nitrogen functional groups attached to an aromatic ring is 1. The van der Waals surface area contributed by atoms with Crippen LogP contribution in [0.25, 0.3) is 11.0 Å². The number of nitrogens with one attached hydrogen (secondary N) is 1. The van der Waals surface area contributed by atoms with E-state index in [0.717, 1.165) is 41.0 Å². The molecular weight excluding hydrogens is 224 g/mol. The van der Waals surface area contributed by atoms with Crippen LogP contribution in [0.2, 0.25) is 0 Å². The zero-order valence-corrected chi connectivity index (χ0v) is 10.4. The van der Waals surface area contributed by atoms with Crippen LogP contribution in [0.5, 0.6) is 0 Å². The fourth-order valence-electron chi connectivity index (χ4n) is 3.57. The molecule has 94 valence electrons. The molecule has 1 aromatic carbocycles. The average Bonchev–Trinajstić information content (AvgIpc) is 3.02. The number of nitrogens with two attached hydrogens (primary N) is 1. The van der Waals surface area contributed by atoms with Gasteiger partial charge in [-0.05, 0) is 43.4 Å². The van der Waals surface area contributed by atoms with E-state index in [-0.39, 0.29) is 0 Å². The van der Waals surface area contributed by atoms with Crippen molar-refractivity contribution in [2.24, 2.45) is 5.92 Å². The van der Waals surface area contributed by atoms with Crippen molar-refractivity contribution in [3.8, 4) is 0 Å². The highest BCUT2D eigenvalue weighted by atomic mass is 15.2. The van der Waals surface area contributed by atoms with Crippen molar-refractivity contribution in [1.29, 1.82) is 0 Å². The topological polar surface area (TPSA) is 57.9 Å². The van der Waals surface area contributed by atoms with Gasteiger partial charge in [0.05, 0.1) is 17.6 Å². The van der Waals surface area contributed by atoms with Gasteiger partial charge in [-0.3, -0.25) is 4.90 Å². The molecule has 0 radical (unpaired) electrons. The Labute approximate surface area is 106 Å². The van der Waals surface area contributed by atoms with Gasteiger partial charge in [0.25, 0.3) is 0 Å². The first-order valence-electron chi connectivity index (χ1n) is 6.76. The summed E-state index contributed by atoms with van der Waals surface area (Å²) in [6.07, 6.45) is 4.20. The molecular formula is C14H18N4. The molecule has 2 atom stereocenters. The second-order valence-electron chi connectivity index (χ2n) is 5.72. The first-order chi connectivity index (χ1) is 8.78. The summed E-state index contributed by atoms with van der Waals surface area (Å²) in [5.74, 6) is 2.01. The van der Waals surface area contributed by atoms with Gasteiger partial charge in [0, 0.05) is 18.3 Å². The molecule has 2 unspecified atom stereocenters. The van der Waals surface area contributed by atoms with Crippen LogP contribution in [0, 0.1) is 5.92 Å². The number of aromatic amines is 1. The van der Waals surface area contributed by atoms with Gasteiger partial charge in [-0.25, -0.2) is 4.98 Å². The van der Waals surface area contributed by atoms with E-state index in [4.69, 9.17) is 5.73 Å². The van der Waals surface area contributed by atoms with Gasteiger partial charge in [0.2, 0.25) is 0 Å². The van der Waals surface area contributed by atoms with Crippen molar-refractivity contribution in [3.05, 3.63) is 24.0 Å². The van der Waals surface area contributed by atoms with Crippen molar-refractivity contribution in [2.75, 3.05) is 12.3 Å². The van der Waals surface area contributed by atoms with Crippen LogP contribution in [0.3, 0.4) is 0 Å². The molecule has 4 rings (SSSR count). The number of hydrogen-bond acceptors (Lipinski definition) is 3. The lowest BCUT2D eigenvalue weighted by atomic mass is 10.1. The second-order valence-corrected chi connectivity index (χ2v) is 5.72. The van der Waals surface area contributed by atoms with Gasteiger partial charge in [-0.1, -0.05) is 0 Å². The Morgan fingerprint density at radius 3 is 3.11 bits per heavy atom. The molecule has 2 heterocycles. The summed E-state index contributed by atoms with van der Waals surface area (Å²) in [6, 6.07) is 6.65. The Morgan fingerprint density at radius 1 is 1.39 bits per heavy atom. The van der Waals surface area contributed by atoms with Crippen molar-refractivity contribution >= 4 is 16.7 Å². The highest BCUT2D eigenvalue weighted by molar-refractivity contribution is 5.78. The zero-order chi connectivity index (χ0) is 12.1. The number of fused-ring (bicyclic) bond motifs is 3. The Bertz CT molecular complexity index is 588. The van der Waals surface area contributed by atoms with Crippen molar-refractivity contribution < 1.29 is 0 Å². The Hall–Kier alpha value is -1.55. The number of benzene rings is 1. The summed E-state index contributed by atoms with van der Waals surface area (Å²) in [7, 11) is 0. The Kier molecular flexibility index (Phi) is 2.14. The summed E-state index contributed by atoms with van der Waals surface area (Å²) in [6.45, 7) is 2.21. The first kappa shape index (κ1) is 10.4. The molecule has 2 fully saturated rings. The molecule has 3 N–H and O–H groups in total. The van der Waals surface area contributed by atoms with E-state index in [1.54, 1.807) is 0 Å². The summed E-state index contributed by atoms with van der Waals surface area (Å²) < 4.78 is 0. The molecule has 1 aliphatic carbocycles. The molecule has 4 heteroatoms. The zero-order valence-electron chi connectivity index (χ0n) is 10.4. The maximum absolute atomic E-state index is 5.79. The smallest absolute Gasteiger partial charge is 0.121 e. The average molecular weight is 242 g/mol. The lowest BCUT2D eigenvalue weighted by molar-refractivity contribution is 0.201. The van der Waals surface area contributed by atoms with Gasteiger partial charge in [-0.15, -0.1) is 0 Å². The highest BCUT2D eigenvalue weighted by Gasteiger charge is 2.37. The summed E-state index contributed by atoms with van der Waals surface area (Å²) >= 11 is 0. The number of anilines is 1. The molecule has 4 nitrogen and oxygen atoms in total. The van der Waals surface area contributed by atoms with Gasteiger partial charge in [0.1, 0.15) is 5.82 Å². The van der Waals surface area contributed by atoms with Crippen molar-refractivity contribution in [1.82, 2.24) is 14.9 Å². The highest BCUT2D eigenvalue weighted by Crippen LogP contribution is 2.37. The molecule has 2 bridgehead atoms. The minimum atomic E-state index is 0.790. The van der Waals surface area contributed by atoms with E-state index in [1.165, 1.54) is 25.8 Å². The fourth-order valence-corrected chi connectivity index (χ4v) is 3.57. The van der Waals surface area contributed by atoms with E-state index in [9.17, 15) is 0 Å². The SMILES string of the molecule is Nc1ccc2nc(CN3CC4CCC3C4)[nH]c2c1. The van der Waals surface area contributed by atoms with Crippen molar-refractivity contribution in [3.63, 3.8) is 0 Å². The van der Waals surface area contributed by atoms with Crippen molar-refractivity contribution in [2.45, 2.75) is 31.8 Å². The van der Waals surface area contributed by atoms with E-state index < -0.39 is 0 Å². The predicted octanol–water partition coefficient (Wildman–Crippen LogP) is 2.13. The first-order valence-corrected chi connectivity index (χ1v) is 6.76. The number of likely N-dealkylation sites (tertiary alicyclic amines) is 1. The van der Waals surface area contributed by atoms with Gasteiger partial charge >= 0.3 is 0 Å².